The van der Waals surface area contributed by atoms with Crippen molar-refractivity contribution >= 4 is 17.3 Å². The Labute approximate surface area is 104 Å². The zero-order chi connectivity index (χ0) is 12.8. The van der Waals surface area contributed by atoms with Crippen LogP contribution in [0.5, 0.6) is 5.75 Å². The van der Waals surface area contributed by atoms with Crippen LogP contribution in [0.4, 0.5) is 5.69 Å². The zero-order valence-corrected chi connectivity index (χ0v) is 10.4. The highest BCUT2D eigenvalue weighted by molar-refractivity contribution is 6.20. The number of ether oxygens (including phenoxy) is 2. The number of hydrogen-bond acceptors (Lipinski definition) is 4. The molecule has 1 unspecified atom stereocenters. The summed E-state index contributed by atoms with van der Waals surface area (Å²) < 4.78 is 9.90. The van der Waals surface area contributed by atoms with Crippen LogP contribution in [-0.4, -0.2) is 31.1 Å². The molecule has 6 heteroatoms. The van der Waals surface area contributed by atoms with Crippen LogP contribution >= 0.6 is 11.6 Å². The molecule has 0 N–H and O–H groups in total. The van der Waals surface area contributed by atoms with Gasteiger partial charge in [-0.3, -0.25) is 10.1 Å². The van der Waals surface area contributed by atoms with E-state index in [4.69, 9.17) is 21.1 Å². The second kappa shape index (κ2) is 6.42. The van der Waals surface area contributed by atoms with Crippen molar-refractivity contribution in [1.29, 1.82) is 0 Å². The first-order valence-corrected chi connectivity index (χ1v) is 5.46. The van der Waals surface area contributed by atoms with Gasteiger partial charge in [-0.1, -0.05) is 6.07 Å². The number of hydrogen-bond donors (Lipinski definition) is 0. The van der Waals surface area contributed by atoms with E-state index in [1.807, 2.05) is 0 Å². The summed E-state index contributed by atoms with van der Waals surface area (Å²) in [6, 6.07) is 4.72. The summed E-state index contributed by atoms with van der Waals surface area (Å²) in [6.07, 6.45) is 0.573. The van der Waals surface area contributed by atoms with Gasteiger partial charge in [0.15, 0.2) is 5.75 Å². The van der Waals surface area contributed by atoms with Crippen LogP contribution < -0.4 is 4.74 Å². The molecule has 0 saturated heterocycles. The van der Waals surface area contributed by atoms with E-state index in [-0.39, 0.29) is 16.8 Å². The lowest BCUT2D eigenvalue weighted by atomic mass is 10.1. The van der Waals surface area contributed by atoms with Gasteiger partial charge in [0.2, 0.25) is 0 Å². The van der Waals surface area contributed by atoms with Gasteiger partial charge in [-0.2, -0.15) is 0 Å². The van der Waals surface area contributed by atoms with Gasteiger partial charge in [0.1, 0.15) is 0 Å². The summed E-state index contributed by atoms with van der Waals surface area (Å²) in [7, 11) is 2.98. The van der Waals surface area contributed by atoms with Crippen molar-refractivity contribution in [1.82, 2.24) is 0 Å². The number of rotatable bonds is 6. The first-order chi connectivity index (χ1) is 8.08. The highest BCUT2D eigenvalue weighted by Gasteiger charge is 2.15. The number of methoxy groups -OCH3 is 2. The number of halogens is 1. The molecule has 1 aromatic rings. The van der Waals surface area contributed by atoms with E-state index in [9.17, 15) is 10.1 Å². The van der Waals surface area contributed by atoms with Crippen LogP contribution in [0.15, 0.2) is 18.2 Å². The summed E-state index contributed by atoms with van der Waals surface area (Å²) in [5.74, 6) is 0.244. The van der Waals surface area contributed by atoms with E-state index in [0.29, 0.717) is 13.0 Å². The molecule has 0 aromatic heterocycles. The van der Waals surface area contributed by atoms with Crippen molar-refractivity contribution in [3.05, 3.63) is 33.9 Å². The van der Waals surface area contributed by atoms with Crippen molar-refractivity contribution in [2.75, 3.05) is 20.8 Å². The van der Waals surface area contributed by atoms with Crippen LogP contribution in [-0.2, 0) is 11.2 Å². The zero-order valence-electron chi connectivity index (χ0n) is 9.68. The fourth-order valence-corrected chi connectivity index (χ4v) is 1.80. The molecule has 0 fully saturated rings. The Kier molecular flexibility index (Phi) is 5.18. The van der Waals surface area contributed by atoms with Crippen LogP contribution in [0, 0.1) is 10.1 Å². The van der Waals surface area contributed by atoms with Gasteiger partial charge in [-0.15, -0.1) is 11.6 Å². The molecule has 0 aliphatic rings. The van der Waals surface area contributed by atoms with E-state index >= 15 is 0 Å². The lowest BCUT2D eigenvalue weighted by Crippen LogP contribution is -2.10. The Bertz CT molecular complexity index is 397. The van der Waals surface area contributed by atoms with Gasteiger partial charge in [0.25, 0.3) is 0 Å². The minimum absolute atomic E-state index is 0.0471. The lowest BCUT2D eigenvalue weighted by Gasteiger charge is -2.09. The molecule has 0 heterocycles. The Morgan fingerprint density at radius 2 is 2.18 bits per heavy atom. The molecule has 0 saturated carbocycles. The van der Waals surface area contributed by atoms with E-state index in [1.54, 1.807) is 19.2 Å². The molecule has 0 bridgehead atoms. The maximum Gasteiger partial charge on any atom is 0.310 e. The van der Waals surface area contributed by atoms with E-state index in [0.717, 1.165) is 5.56 Å². The second-order valence-corrected chi connectivity index (χ2v) is 4.14. The number of alkyl halides is 1. The van der Waals surface area contributed by atoms with Crippen LogP contribution in [0.1, 0.15) is 5.56 Å². The highest BCUT2D eigenvalue weighted by atomic mass is 35.5. The number of nitrogens with zero attached hydrogens (tertiary/aromatic N) is 1. The molecule has 1 atom stereocenters. The van der Waals surface area contributed by atoms with Crippen molar-refractivity contribution in [2.45, 2.75) is 11.8 Å². The van der Waals surface area contributed by atoms with Crippen LogP contribution in [0.3, 0.4) is 0 Å². The SMILES string of the molecule is COCC(Cl)Cc1ccc([N+](=O)[O-])c(OC)c1. The molecule has 0 radical (unpaired) electrons. The Morgan fingerprint density at radius 1 is 1.47 bits per heavy atom. The van der Waals surface area contributed by atoms with Gasteiger partial charge in [0.05, 0.1) is 24.0 Å². The maximum absolute atomic E-state index is 10.7. The average Bonchev–Trinajstić information content (AvgIpc) is 2.28. The predicted molar refractivity (Wildman–Crippen MR) is 64.9 cm³/mol. The third-order valence-electron chi connectivity index (χ3n) is 2.25. The molecule has 0 aliphatic heterocycles. The van der Waals surface area contributed by atoms with E-state index < -0.39 is 4.92 Å². The molecule has 0 aliphatic carbocycles. The fraction of sp³-hybridized carbons (Fsp3) is 0.455. The lowest BCUT2D eigenvalue weighted by molar-refractivity contribution is -0.385. The molecule has 94 valence electrons. The molecular formula is C11H14ClNO4. The molecule has 1 aromatic carbocycles. The monoisotopic (exact) mass is 259 g/mol. The largest absolute Gasteiger partial charge is 0.490 e. The predicted octanol–water partition coefficient (Wildman–Crippen LogP) is 2.40. The third kappa shape index (κ3) is 3.87. The number of nitro groups is 1. The standard InChI is InChI=1S/C11H14ClNO4/c1-16-7-9(12)5-8-3-4-10(13(14)15)11(6-8)17-2/h3-4,6,9H,5,7H2,1-2H3. The third-order valence-corrected chi connectivity index (χ3v) is 2.53. The molecule has 0 amide bonds. The Morgan fingerprint density at radius 3 is 2.71 bits per heavy atom. The summed E-state index contributed by atoms with van der Waals surface area (Å²) in [5, 5.41) is 10.5. The molecule has 5 nitrogen and oxygen atoms in total. The smallest absolute Gasteiger partial charge is 0.310 e. The first-order valence-electron chi connectivity index (χ1n) is 5.02. The van der Waals surface area contributed by atoms with Gasteiger partial charge < -0.3 is 9.47 Å². The normalized spacial score (nSPS) is 12.2. The number of nitro benzene ring substituents is 1. The Balaban J connectivity index is 2.86. The van der Waals surface area contributed by atoms with E-state index in [1.165, 1.54) is 13.2 Å². The fourth-order valence-electron chi connectivity index (χ4n) is 1.50. The number of benzene rings is 1. The minimum atomic E-state index is -0.476. The summed E-state index contributed by atoms with van der Waals surface area (Å²) >= 11 is 6.01. The highest BCUT2D eigenvalue weighted by Crippen LogP contribution is 2.28. The Hall–Kier alpha value is -1.33. The summed E-state index contributed by atoms with van der Waals surface area (Å²) in [4.78, 5) is 10.2. The van der Waals surface area contributed by atoms with Gasteiger partial charge in [-0.05, 0) is 18.1 Å². The van der Waals surface area contributed by atoms with Crippen LogP contribution in [0.25, 0.3) is 0 Å². The average molecular weight is 260 g/mol. The maximum atomic E-state index is 10.7. The molecule has 1 rings (SSSR count). The van der Waals surface area contributed by atoms with Crippen LogP contribution in [0.2, 0.25) is 0 Å². The van der Waals surface area contributed by atoms with Crippen molar-refractivity contribution in [2.24, 2.45) is 0 Å². The minimum Gasteiger partial charge on any atom is -0.490 e. The molecule has 17 heavy (non-hydrogen) atoms. The quantitative estimate of drug-likeness (QED) is 0.447. The topological polar surface area (TPSA) is 61.6 Å². The van der Waals surface area contributed by atoms with E-state index in [2.05, 4.69) is 0 Å². The second-order valence-electron chi connectivity index (χ2n) is 3.52. The molecular weight excluding hydrogens is 246 g/mol. The van der Waals surface area contributed by atoms with Gasteiger partial charge in [-0.25, -0.2) is 0 Å². The first kappa shape index (κ1) is 13.7. The van der Waals surface area contributed by atoms with Gasteiger partial charge >= 0.3 is 5.69 Å². The van der Waals surface area contributed by atoms with Gasteiger partial charge in [0, 0.05) is 13.2 Å². The summed E-state index contributed by atoms with van der Waals surface area (Å²) in [6.45, 7) is 0.431. The van der Waals surface area contributed by atoms with Crippen molar-refractivity contribution in [3.8, 4) is 5.75 Å². The van der Waals surface area contributed by atoms with Crippen molar-refractivity contribution < 1.29 is 14.4 Å². The summed E-state index contributed by atoms with van der Waals surface area (Å²) in [5.41, 5.74) is 0.832. The van der Waals surface area contributed by atoms with Crippen molar-refractivity contribution in [3.63, 3.8) is 0 Å². The molecule has 0 spiro atoms.